The molecule has 18 heavy (non-hydrogen) atoms. The van der Waals surface area contributed by atoms with E-state index in [1.54, 1.807) is 30.6 Å². The van der Waals surface area contributed by atoms with Crippen LogP contribution >= 0.6 is 0 Å². The predicted octanol–water partition coefficient (Wildman–Crippen LogP) is 2.64. The van der Waals surface area contributed by atoms with Crippen molar-refractivity contribution in [3.05, 3.63) is 64.5 Å². The Hall–Kier alpha value is -2.43. The first-order valence-corrected chi connectivity index (χ1v) is 5.63. The highest BCUT2D eigenvalue weighted by molar-refractivity contribution is 5.61. The second kappa shape index (κ2) is 5.77. The molecule has 1 heterocycles. The molecule has 0 saturated heterocycles. The number of nitrogens with zero attached hydrogens (tertiary/aromatic N) is 2. The average Bonchev–Trinajstić information content (AvgIpc) is 2.40. The van der Waals surface area contributed by atoms with Crippen molar-refractivity contribution in [2.75, 3.05) is 11.9 Å². The molecule has 1 N–H and O–H groups in total. The Balaban J connectivity index is 1.97. The molecule has 0 bridgehead atoms. The van der Waals surface area contributed by atoms with Gasteiger partial charge in [0, 0.05) is 25.0 Å². The molecule has 92 valence electrons. The van der Waals surface area contributed by atoms with E-state index in [2.05, 4.69) is 10.3 Å². The van der Waals surface area contributed by atoms with Crippen LogP contribution in [-0.2, 0) is 6.42 Å². The highest BCUT2D eigenvalue weighted by Gasteiger charge is 2.10. The molecule has 1 aromatic heterocycles. The summed E-state index contributed by atoms with van der Waals surface area (Å²) in [5.41, 5.74) is 1.81. The quantitative estimate of drug-likeness (QED) is 0.647. The van der Waals surface area contributed by atoms with Crippen molar-refractivity contribution >= 4 is 11.4 Å². The Labute approximate surface area is 105 Å². The molecule has 0 fully saturated rings. The second-order valence-corrected chi connectivity index (χ2v) is 3.81. The van der Waals surface area contributed by atoms with Crippen LogP contribution in [0.25, 0.3) is 0 Å². The van der Waals surface area contributed by atoms with E-state index in [1.165, 1.54) is 6.07 Å². The molecule has 0 unspecified atom stereocenters. The number of nitro benzene ring substituents is 1. The largest absolute Gasteiger partial charge is 0.379 e. The lowest BCUT2D eigenvalue weighted by Gasteiger charge is -2.06. The second-order valence-electron chi connectivity index (χ2n) is 3.81. The first kappa shape index (κ1) is 12.0. The van der Waals surface area contributed by atoms with Gasteiger partial charge in [-0.05, 0) is 30.2 Å². The maximum absolute atomic E-state index is 10.8. The number of rotatable bonds is 5. The Kier molecular flexibility index (Phi) is 3.86. The molecular formula is C13H13N3O2. The van der Waals surface area contributed by atoms with Crippen molar-refractivity contribution in [3.8, 4) is 0 Å². The zero-order valence-corrected chi connectivity index (χ0v) is 9.74. The summed E-state index contributed by atoms with van der Waals surface area (Å²) < 4.78 is 0. The smallest absolute Gasteiger partial charge is 0.292 e. The third-order valence-corrected chi connectivity index (χ3v) is 2.58. The SMILES string of the molecule is O=[N+]([O-])c1ccccc1NCCc1ccncc1. The topological polar surface area (TPSA) is 68.1 Å². The van der Waals surface area contributed by atoms with Gasteiger partial charge in [0.05, 0.1) is 4.92 Å². The van der Waals surface area contributed by atoms with Gasteiger partial charge in [0.2, 0.25) is 0 Å². The zero-order valence-electron chi connectivity index (χ0n) is 9.74. The van der Waals surface area contributed by atoms with Crippen molar-refractivity contribution in [1.29, 1.82) is 0 Å². The van der Waals surface area contributed by atoms with Crippen molar-refractivity contribution in [2.45, 2.75) is 6.42 Å². The van der Waals surface area contributed by atoms with Gasteiger partial charge in [-0.1, -0.05) is 12.1 Å². The van der Waals surface area contributed by atoms with Gasteiger partial charge in [0.25, 0.3) is 5.69 Å². The number of nitro groups is 1. The fourth-order valence-electron chi connectivity index (χ4n) is 1.67. The summed E-state index contributed by atoms with van der Waals surface area (Å²) in [4.78, 5) is 14.4. The Morgan fingerprint density at radius 2 is 1.89 bits per heavy atom. The summed E-state index contributed by atoms with van der Waals surface area (Å²) in [5.74, 6) is 0. The van der Waals surface area contributed by atoms with Gasteiger partial charge in [-0.3, -0.25) is 15.1 Å². The summed E-state index contributed by atoms with van der Waals surface area (Å²) >= 11 is 0. The van der Waals surface area contributed by atoms with E-state index in [0.717, 1.165) is 12.0 Å². The maximum atomic E-state index is 10.8. The minimum Gasteiger partial charge on any atom is -0.379 e. The zero-order chi connectivity index (χ0) is 12.8. The maximum Gasteiger partial charge on any atom is 0.292 e. The Morgan fingerprint density at radius 1 is 1.17 bits per heavy atom. The standard InChI is InChI=1S/C13H13N3O2/c17-16(18)13-4-2-1-3-12(13)15-10-7-11-5-8-14-9-6-11/h1-6,8-9,15H,7,10H2. The van der Waals surface area contributed by atoms with Gasteiger partial charge in [-0.15, -0.1) is 0 Å². The molecule has 0 spiro atoms. The van der Waals surface area contributed by atoms with Crippen LogP contribution in [0.3, 0.4) is 0 Å². The molecule has 0 aliphatic carbocycles. The van der Waals surface area contributed by atoms with Crippen molar-refractivity contribution in [2.24, 2.45) is 0 Å². The van der Waals surface area contributed by atoms with E-state index in [1.807, 2.05) is 12.1 Å². The third-order valence-electron chi connectivity index (χ3n) is 2.58. The molecule has 0 atom stereocenters. The molecule has 0 radical (unpaired) electrons. The Morgan fingerprint density at radius 3 is 2.61 bits per heavy atom. The summed E-state index contributed by atoms with van der Waals surface area (Å²) in [6.45, 7) is 0.648. The monoisotopic (exact) mass is 243 g/mol. The number of hydrogen-bond acceptors (Lipinski definition) is 4. The molecule has 5 nitrogen and oxygen atoms in total. The lowest BCUT2D eigenvalue weighted by atomic mass is 10.2. The lowest BCUT2D eigenvalue weighted by molar-refractivity contribution is -0.384. The average molecular weight is 243 g/mol. The van der Waals surface area contributed by atoms with Gasteiger partial charge in [0.1, 0.15) is 5.69 Å². The summed E-state index contributed by atoms with van der Waals surface area (Å²) in [7, 11) is 0. The molecule has 2 aromatic rings. The Bertz CT molecular complexity index is 529. The van der Waals surface area contributed by atoms with Crippen LogP contribution in [0, 0.1) is 10.1 Å². The van der Waals surface area contributed by atoms with Crippen LogP contribution in [0.5, 0.6) is 0 Å². The van der Waals surface area contributed by atoms with Crippen LogP contribution in [0.2, 0.25) is 0 Å². The van der Waals surface area contributed by atoms with Crippen LogP contribution < -0.4 is 5.32 Å². The van der Waals surface area contributed by atoms with Crippen molar-refractivity contribution < 1.29 is 4.92 Å². The van der Waals surface area contributed by atoms with E-state index in [0.29, 0.717) is 12.2 Å². The number of benzene rings is 1. The predicted molar refractivity (Wildman–Crippen MR) is 69.5 cm³/mol. The number of anilines is 1. The summed E-state index contributed by atoms with van der Waals surface area (Å²) in [5, 5.41) is 13.9. The molecule has 1 aromatic carbocycles. The molecule has 0 amide bonds. The van der Waals surface area contributed by atoms with Gasteiger partial charge in [-0.2, -0.15) is 0 Å². The molecule has 2 rings (SSSR count). The molecule has 0 saturated carbocycles. The van der Waals surface area contributed by atoms with E-state index in [9.17, 15) is 10.1 Å². The van der Waals surface area contributed by atoms with E-state index in [4.69, 9.17) is 0 Å². The fraction of sp³-hybridized carbons (Fsp3) is 0.154. The lowest BCUT2D eigenvalue weighted by Crippen LogP contribution is -2.06. The minimum absolute atomic E-state index is 0.104. The van der Waals surface area contributed by atoms with Crippen molar-refractivity contribution in [1.82, 2.24) is 4.98 Å². The first-order valence-electron chi connectivity index (χ1n) is 5.63. The van der Waals surface area contributed by atoms with Gasteiger partial charge in [-0.25, -0.2) is 0 Å². The van der Waals surface area contributed by atoms with Crippen LogP contribution in [0.15, 0.2) is 48.8 Å². The highest BCUT2D eigenvalue weighted by Crippen LogP contribution is 2.22. The van der Waals surface area contributed by atoms with Gasteiger partial charge < -0.3 is 5.32 Å². The van der Waals surface area contributed by atoms with Gasteiger partial charge in [0.15, 0.2) is 0 Å². The van der Waals surface area contributed by atoms with Gasteiger partial charge >= 0.3 is 0 Å². The molecular weight excluding hydrogens is 230 g/mol. The molecule has 0 aliphatic heterocycles. The van der Waals surface area contributed by atoms with Crippen LogP contribution in [0.1, 0.15) is 5.56 Å². The number of nitrogens with one attached hydrogen (secondary N) is 1. The third kappa shape index (κ3) is 3.04. The normalized spacial score (nSPS) is 10.0. The summed E-state index contributed by atoms with van der Waals surface area (Å²) in [6.07, 6.45) is 4.27. The van der Waals surface area contributed by atoms with Crippen LogP contribution in [0.4, 0.5) is 11.4 Å². The number of pyridine rings is 1. The van der Waals surface area contributed by atoms with E-state index < -0.39 is 0 Å². The minimum atomic E-state index is -0.380. The molecule has 0 aliphatic rings. The highest BCUT2D eigenvalue weighted by atomic mass is 16.6. The van der Waals surface area contributed by atoms with E-state index >= 15 is 0 Å². The number of aromatic nitrogens is 1. The number of para-hydroxylation sites is 2. The van der Waals surface area contributed by atoms with Crippen LogP contribution in [-0.4, -0.2) is 16.5 Å². The fourth-order valence-corrected chi connectivity index (χ4v) is 1.67. The summed E-state index contributed by atoms with van der Waals surface area (Å²) in [6, 6.07) is 10.5. The van der Waals surface area contributed by atoms with Crippen molar-refractivity contribution in [3.63, 3.8) is 0 Å². The first-order chi connectivity index (χ1) is 8.77. The molecule has 5 heteroatoms. The number of hydrogen-bond donors (Lipinski definition) is 1. The van der Waals surface area contributed by atoms with E-state index in [-0.39, 0.29) is 10.6 Å².